The molecule has 3 amide bonds. The number of benzene rings is 2. The average Bonchev–Trinajstić information content (AvgIpc) is 3.40. The number of hydrogen-bond acceptors (Lipinski definition) is 5. The van der Waals surface area contributed by atoms with E-state index in [0.29, 0.717) is 23.8 Å². The molecule has 3 aromatic rings. The number of rotatable bonds is 4. The van der Waals surface area contributed by atoms with Gasteiger partial charge < -0.3 is 10.2 Å². The first-order chi connectivity index (χ1) is 14.5. The van der Waals surface area contributed by atoms with Crippen LogP contribution in [-0.4, -0.2) is 39.6 Å². The van der Waals surface area contributed by atoms with Gasteiger partial charge in [-0.25, -0.2) is 4.79 Å². The summed E-state index contributed by atoms with van der Waals surface area (Å²) in [6.07, 6.45) is 1.39. The number of nitrogens with zero attached hydrogens (tertiary/aromatic N) is 3. The zero-order valence-electron chi connectivity index (χ0n) is 16.3. The first-order valence-corrected chi connectivity index (χ1v) is 11.1. The first-order valence-electron chi connectivity index (χ1n) is 9.54. The summed E-state index contributed by atoms with van der Waals surface area (Å²) >= 11 is 4.71. The Balaban J connectivity index is 1.40. The monoisotopic (exact) mass is 485 g/mol. The maximum Gasteiger partial charge on any atom is 0.322 e. The van der Waals surface area contributed by atoms with Crippen LogP contribution >= 0.6 is 27.3 Å². The van der Waals surface area contributed by atoms with Crippen molar-refractivity contribution in [1.82, 2.24) is 15.1 Å². The maximum absolute atomic E-state index is 12.8. The van der Waals surface area contributed by atoms with E-state index in [1.807, 2.05) is 55.5 Å². The largest absolute Gasteiger partial charge is 0.322 e. The number of aromatic nitrogens is 2. The lowest BCUT2D eigenvalue weighted by Gasteiger charge is -2.23. The summed E-state index contributed by atoms with van der Waals surface area (Å²) in [6.45, 7) is 2.53. The Morgan fingerprint density at radius 3 is 2.53 bits per heavy atom. The molecule has 1 saturated heterocycles. The van der Waals surface area contributed by atoms with Crippen molar-refractivity contribution in [3.05, 3.63) is 58.6 Å². The molecule has 2 heterocycles. The van der Waals surface area contributed by atoms with E-state index in [9.17, 15) is 9.59 Å². The second-order valence-electron chi connectivity index (χ2n) is 7.06. The molecular weight excluding hydrogens is 466 g/mol. The fraction of sp³-hybridized carbons (Fsp3) is 0.238. The van der Waals surface area contributed by atoms with Gasteiger partial charge in [-0.1, -0.05) is 57.1 Å². The number of halogens is 1. The molecule has 0 saturated carbocycles. The molecule has 1 unspecified atom stereocenters. The summed E-state index contributed by atoms with van der Waals surface area (Å²) in [4.78, 5) is 27.1. The molecule has 1 atom stereocenters. The molecule has 0 spiro atoms. The van der Waals surface area contributed by atoms with E-state index in [1.54, 1.807) is 4.90 Å². The van der Waals surface area contributed by atoms with E-state index in [2.05, 4.69) is 36.8 Å². The lowest BCUT2D eigenvalue weighted by atomic mass is 10.2. The van der Waals surface area contributed by atoms with E-state index in [4.69, 9.17) is 0 Å². The van der Waals surface area contributed by atoms with Crippen LogP contribution in [0.2, 0.25) is 0 Å². The van der Waals surface area contributed by atoms with Crippen LogP contribution in [0.15, 0.2) is 53.0 Å². The molecule has 4 rings (SSSR count). The highest BCUT2D eigenvalue weighted by Crippen LogP contribution is 2.28. The topological polar surface area (TPSA) is 87.2 Å². The third-order valence-corrected chi connectivity index (χ3v) is 6.28. The van der Waals surface area contributed by atoms with Gasteiger partial charge in [0.1, 0.15) is 11.0 Å². The Morgan fingerprint density at radius 2 is 1.80 bits per heavy atom. The lowest BCUT2D eigenvalue weighted by Crippen LogP contribution is -2.45. The summed E-state index contributed by atoms with van der Waals surface area (Å²) in [7, 11) is 0. The van der Waals surface area contributed by atoms with Crippen LogP contribution in [0.4, 0.5) is 15.6 Å². The van der Waals surface area contributed by atoms with Gasteiger partial charge >= 0.3 is 6.03 Å². The van der Waals surface area contributed by atoms with E-state index < -0.39 is 6.04 Å². The summed E-state index contributed by atoms with van der Waals surface area (Å²) in [6, 6.07) is 14.5. The Bertz CT molecular complexity index is 1050. The minimum Gasteiger partial charge on any atom is -0.312 e. The number of hydrogen-bond donors (Lipinski definition) is 2. The van der Waals surface area contributed by atoms with Crippen LogP contribution in [0.5, 0.6) is 0 Å². The number of amides is 3. The smallest absolute Gasteiger partial charge is 0.312 e. The SMILES string of the molecule is Cc1ccc(NC(=O)N2CCCC2C(=O)Nc2nnc(-c3ccc(Br)cc3)s2)cc1. The standard InChI is InChI=1S/C21H20BrN5O2S/c1-13-4-10-16(11-5-13)23-21(29)27-12-2-3-17(27)18(28)24-20-26-25-19(30-20)14-6-8-15(22)9-7-14/h4-11,17H,2-3,12H2,1H3,(H,23,29)(H,24,26,28). The molecule has 2 N–H and O–H groups in total. The summed E-state index contributed by atoms with van der Waals surface area (Å²) < 4.78 is 0.981. The van der Waals surface area contributed by atoms with Crippen molar-refractivity contribution in [2.75, 3.05) is 17.2 Å². The summed E-state index contributed by atoms with van der Waals surface area (Å²) in [5.41, 5.74) is 2.75. The third kappa shape index (κ3) is 4.68. The van der Waals surface area contributed by atoms with E-state index in [-0.39, 0.29) is 11.9 Å². The average molecular weight is 486 g/mol. The Kier molecular flexibility index (Phi) is 6.10. The van der Waals surface area contributed by atoms with Gasteiger partial charge in [0.25, 0.3) is 0 Å². The van der Waals surface area contributed by atoms with Crippen LogP contribution in [0.1, 0.15) is 18.4 Å². The van der Waals surface area contributed by atoms with Crippen LogP contribution in [-0.2, 0) is 4.79 Å². The Hall–Kier alpha value is -2.78. The minimum absolute atomic E-state index is 0.245. The molecule has 7 nitrogen and oxygen atoms in total. The number of carbonyl (C=O) groups is 2. The molecule has 154 valence electrons. The predicted molar refractivity (Wildman–Crippen MR) is 122 cm³/mol. The third-order valence-electron chi connectivity index (χ3n) is 4.87. The highest BCUT2D eigenvalue weighted by molar-refractivity contribution is 9.10. The second kappa shape index (κ2) is 8.93. The Labute approximate surface area is 186 Å². The van der Waals surface area contributed by atoms with Crippen LogP contribution in [0.25, 0.3) is 10.6 Å². The van der Waals surface area contributed by atoms with Crippen molar-refractivity contribution >= 4 is 50.0 Å². The number of anilines is 2. The number of carbonyl (C=O) groups excluding carboxylic acids is 2. The van der Waals surface area contributed by atoms with Gasteiger partial charge in [-0.3, -0.25) is 10.1 Å². The normalized spacial score (nSPS) is 15.8. The van der Waals surface area contributed by atoms with Crippen molar-refractivity contribution in [3.63, 3.8) is 0 Å². The van der Waals surface area contributed by atoms with Crippen LogP contribution in [0.3, 0.4) is 0 Å². The molecule has 30 heavy (non-hydrogen) atoms. The van der Waals surface area contributed by atoms with Gasteiger partial charge in [-0.15, -0.1) is 10.2 Å². The molecular formula is C21H20BrN5O2S. The van der Waals surface area contributed by atoms with E-state index in [0.717, 1.165) is 27.0 Å². The molecule has 0 bridgehead atoms. The molecule has 2 aromatic carbocycles. The quantitative estimate of drug-likeness (QED) is 0.549. The molecule has 9 heteroatoms. The number of aryl methyl sites for hydroxylation is 1. The van der Waals surface area contributed by atoms with Crippen molar-refractivity contribution in [3.8, 4) is 10.6 Å². The minimum atomic E-state index is -0.532. The van der Waals surface area contributed by atoms with Crippen molar-refractivity contribution in [2.24, 2.45) is 0 Å². The predicted octanol–water partition coefficient (Wildman–Crippen LogP) is 4.91. The van der Waals surface area contributed by atoms with Gasteiger partial charge in [0.15, 0.2) is 0 Å². The van der Waals surface area contributed by atoms with E-state index in [1.165, 1.54) is 11.3 Å². The molecule has 1 aromatic heterocycles. The molecule has 1 aliphatic heterocycles. The van der Waals surface area contributed by atoms with Crippen molar-refractivity contribution < 1.29 is 9.59 Å². The summed E-state index contributed by atoms with van der Waals surface area (Å²) in [5, 5.41) is 15.1. The van der Waals surface area contributed by atoms with Crippen molar-refractivity contribution in [2.45, 2.75) is 25.8 Å². The van der Waals surface area contributed by atoms with Gasteiger partial charge in [0.05, 0.1) is 0 Å². The van der Waals surface area contributed by atoms with Gasteiger partial charge in [-0.05, 0) is 44.0 Å². The zero-order valence-corrected chi connectivity index (χ0v) is 18.7. The molecule has 0 radical (unpaired) electrons. The molecule has 1 aliphatic rings. The lowest BCUT2D eigenvalue weighted by molar-refractivity contribution is -0.119. The Morgan fingerprint density at radius 1 is 1.07 bits per heavy atom. The van der Waals surface area contributed by atoms with E-state index >= 15 is 0 Å². The van der Waals surface area contributed by atoms with Gasteiger partial charge in [0, 0.05) is 22.3 Å². The molecule has 1 fully saturated rings. The van der Waals surface area contributed by atoms with Crippen LogP contribution < -0.4 is 10.6 Å². The maximum atomic E-state index is 12.8. The van der Waals surface area contributed by atoms with Gasteiger partial charge in [0.2, 0.25) is 11.0 Å². The van der Waals surface area contributed by atoms with Gasteiger partial charge in [-0.2, -0.15) is 0 Å². The molecule has 0 aliphatic carbocycles. The number of nitrogens with one attached hydrogen (secondary N) is 2. The van der Waals surface area contributed by atoms with Crippen molar-refractivity contribution in [1.29, 1.82) is 0 Å². The van der Waals surface area contributed by atoms with Crippen LogP contribution in [0, 0.1) is 6.92 Å². The zero-order chi connectivity index (χ0) is 21.1. The number of likely N-dealkylation sites (tertiary alicyclic amines) is 1. The fourth-order valence-corrected chi connectivity index (χ4v) is 4.30. The fourth-order valence-electron chi connectivity index (χ4n) is 3.29. The second-order valence-corrected chi connectivity index (χ2v) is 8.95. The number of urea groups is 1. The first kappa shape index (κ1) is 20.5. The highest BCUT2D eigenvalue weighted by Gasteiger charge is 2.34. The highest BCUT2D eigenvalue weighted by atomic mass is 79.9. The summed E-state index contributed by atoms with van der Waals surface area (Å²) in [5.74, 6) is -0.245.